The Hall–Kier alpha value is -1.81. The highest BCUT2D eigenvalue weighted by molar-refractivity contribution is 5.18. The summed E-state index contributed by atoms with van der Waals surface area (Å²) in [6, 6.07) is 10.3. The van der Waals surface area contributed by atoms with Crippen LogP contribution in [0.15, 0.2) is 47.5 Å². The maximum atomic E-state index is 12.0. The second-order valence-corrected chi connectivity index (χ2v) is 4.27. The fourth-order valence-corrected chi connectivity index (χ4v) is 2.08. The molecule has 0 fully saturated rings. The molecule has 18 heavy (non-hydrogen) atoms. The van der Waals surface area contributed by atoms with Crippen molar-refractivity contribution in [3.8, 4) is 0 Å². The Labute approximate surface area is 107 Å². The lowest BCUT2D eigenvalue weighted by atomic mass is 10.1. The van der Waals surface area contributed by atoms with Gasteiger partial charge in [0.2, 0.25) is 0 Å². The van der Waals surface area contributed by atoms with Crippen molar-refractivity contribution in [1.82, 2.24) is 14.5 Å². The molecule has 1 N–H and O–H groups in total. The van der Waals surface area contributed by atoms with Crippen LogP contribution in [0, 0.1) is 0 Å². The molecule has 0 aliphatic heterocycles. The van der Waals surface area contributed by atoms with Crippen LogP contribution in [0.25, 0.3) is 0 Å². The SMILES string of the molecule is CCn1ccn(CC(NC)c2ccccc2)c1=O. The highest BCUT2D eigenvalue weighted by Crippen LogP contribution is 2.13. The summed E-state index contributed by atoms with van der Waals surface area (Å²) < 4.78 is 3.45. The zero-order valence-electron chi connectivity index (χ0n) is 10.8. The van der Waals surface area contributed by atoms with E-state index in [-0.39, 0.29) is 11.7 Å². The summed E-state index contributed by atoms with van der Waals surface area (Å²) >= 11 is 0. The van der Waals surface area contributed by atoms with Gasteiger partial charge >= 0.3 is 5.69 Å². The van der Waals surface area contributed by atoms with E-state index < -0.39 is 0 Å². The molecule has 0 spiro atoms. The summed E-state index contributed by atoms with van der Waals surface area (Å²) in [5, 5.41) is 3.25. The molecule has 1 unspecified atom stereocenters. The summed E-state index contributed by atoms with van der Waals surface area (Å²) in [5.74, 6) is 0. The fraction of sp³-hybridized carbons (Fsp3) is 0.357. The molecular weight excluding hydrogens is 226 g/mol. The van der Waals surface area contributed by atoms with Gasteiger partial charge in [0.15, 0.2) is 0 Å². The fourth-order valence-electron chi connectivity index (χ4n) is 2.08. The largest absolute Gasteiger partial charge is 0.328 e. The van der Waals surface area contributed by atoms with Gasteiger partial charge in [-0.1, -0.05) is 30.3 Å². The molecule has 96 valence electrons. The zero-order chi connectivity index (χ0) is 13.0. The number of benzene rings is 1. The molecule has 1 aromatic heterocycles. The van der Waals surface area contributed by atoms with Gasteiger partial charge in [0.25, 0.3) is 0 Å². The predicted octanol–water partition coefficient (Wildman–Crippen LogP) is 1.63. The molecule has 1 heterocycles. The highest BCUT2D eigenvalue weighted by atomic mass is 16.1. The quantitative estimate of drug-likeness (QED) is 0.869. The van der Waals surface area contributed by atoms with Gasteiger partial charge in [0.1, 0.15) is 0 Å². The third-order valence-corrected chi connectivity index (χ3v) is 3.19. The van der Waals surface area contributed by atoms with Crippen molar-refractivity contribution in [2.75, 3.05) is 7.05 Å². The first-order valence-corrected chi connectivity index (χ1v) is 6.24. The van der Waals surface area contributed by atoms with E-state index in [1.807, 2.05) is 44.6 Å². The molecule has 0 aliphatic rings. The van der Waals surface area contributed by atoms with E-state index in [1.165, 1.54) is 5.56 Å². The van der Waals surface area contributed by atoms with E-state index in [4.69, 9.17) is 0 Å². The van der Waals surface area contributed by atoms with Crippen LogP contribution in [0.4, 0.5) is 0 Å². The van der Waals surface area contributed by atoms with Gasteiger partial charge in [-0.2, -0.15) is 0 Å². The normalized spacial score (nSPS) is 12.6. The van der Waals surface area contributed by atoms with Crippen LogP contribution in [-0.4, -0.2) is 16.2 Å². The Bertz CT molecular complexity index is 542. The van der Waals surface area contributed by atoms with E-state index >= 15 is 0 Å². The Kier molecular flexibility index (Phi) is 3.99. The van der Waals surface area contributed by atoms with E-state index in [0.717, 1.165) is 0 Å². The number of hydrogen-bond donors (Lipinski definition) is 1. The molecule has 0 radical (unpaired) electrons. The highest BCUT2D eigenvalue weighted by Gasteiger charge is 2.11. The minimum atomic E-state index is 0.0497. The number of likely N-dealkylation sites (N-methyl/N-ethyl adjacent to an activating group) is 1. The van der Waals surface area contributed by atoms with Crippen molar-refractivity contribution >= 4 is 0 Å². The summed E-state index contributed by atoms with van der Waals surface area (Å²) in [6.07, 6.45) is 3.68. The monoisotopic (exact) mass is 245 g/mol. The summed E-state index contributed by atoms with van der Waals surface area (Å²) in [4.78, 5) is 12.0. The maximum Gasteiger partial charge on any atom is 0.328 e. The van der Waals surface area contributed by atoms with Gasteiger partial charge < -0.3 is 5.32 Å². The van der Waals surface area contributed by atoms with Gasteiger partial charge in [-0.15, -0.1) is 0 Å². The molecule has 2 aromatic rings. The van der Waals surface area contributed by atoms with Gasteiger partial charge in [0, 0.05) is 25.5 Å². The second-order valence-electron chi connectivity index (χ2n) is 4.27. The number of rotatable bonds is 5. The van der Waals surface area contributed by atoms with Gasteiger partial charge in [0.05, 0.1) is 6.04 Å². The molecule has 4 nitrogen and oxygen atoms in total. The van der Waals surface area contributed by atoms with Crippen LogP contribution < -0.4 is 11.0 Å². The van der Waals surface area contributed by atoms with Gasteiger partial charge in [-0.3, -0.25) is 9.13 Å². The Morgan fingerprint density at radius 3 is 2.39 bits per heavy atom. The summed E-state index contributed by atoms with van der Waals surface area (Å²) in [5.41, 5.74) is 1.24. The lowest BCUT2D eigenvalue weighted by Crippen LogP contribution is -2.29. The first-order chi connectivity index (χ1) is 8.76. The average molecular weight is 245 g/mol. The standard InChI is InChI=1S/C14H19N3O/c1-3-16-9-10-17(14(16)18)11-13(15-2)12-7-5-4-6-8-12/h4-10,13,15H,3,11H2,1-2H3. The lowest BCUT2D eigenvalue weighted by Gasteiger charge is -2.16. The predicted molar refractivity (Wildman–Crippen MR) is 72.6 cm³/mol. The topological polar surface area (TPSA) is 39.0 Å². The number of nitrogens with zero attached hydrogens (tertiary/aromatic N) is 2. The first kappa shape index (κ1) is 12.6. The number of aryl methyl sites for hydroxylation is 1. The molecule has 1 atom stereocenters. The van der Waals surface area contributed by atoms with Crippen LogP contribution >= 0.6 is 0 Å². The Balaban J connectivity index is 2.21. The summed E-state index contributed by atoms with van der Waals surface area (Å²) in [7, 11) is 1.92. The molecule has 0 aliphatic carbocycles. The van der Waals surface area contributed by atoms with Crippen molar-refractivity contribution < 1.29 is 0 Å². The number of aromatic nitrogens is 2. The van der Waals surface area contributed by atoms with Crippen LogP contribution in [-0.2, 0) is 13.1 Å². The van der Waals surface area contributed by atoms with Crippen molar-refractivity contribution in [2.24, 2.45) is 0 Å². The van der Waals surface area contributed by atoms with E-state index in [1.54, 1.807) is 9.13 Å². The Morgan fingerprint density at radius 2 is 1.83 bits per heavy atom. The van der Waals surface area contributed by atoms with Gasteiger partial charge in [-0.05, 0) is 19.5 Å². The van der Waals surface area contributed by atoms with Crippen molar-refractivity contribution in [3.63, 3.8) is 0 Å². The minimum absolute atomic E-state index is 0.0497. The molecular formula is C14H19N3O. The molecule has 4 heteroatoms. The molecule has 0 saturated carbocycles. The van der Waals surface area contributed by atoms with Crippen LogP contribution in [0.5, 0.6) is 0 Å². The minimum Gasteiger partial charge on any atom is -0.312 e. The van der Waals surface area contributed by atoms with E-state index in [0.29, 0.717) is 13.1 Å². The maximum absolute atomic E-state index is 12.0. The van der Waals surface area contributed by atoms with Crippen LogP contribution in [0.3, 0.4) is 0 Å². The second kappa shape index (κ2) is 5.69. The molecule has 0 saturated heterocycles. The number of hydrogen-bond acceptors (Lipinski definition) is 2. The van der Waals surface area contributed by atoms with Crippen LogP contribution in [0.2, 0.25) is 0 Å². The molecule has 1 aromatic carbocycles. The van der Waals surface area contributed by atoms with Gasteiger partial charge in [-0.25, -0.2) is 4.79 Å². The van der Waals surface area contributed by atoms with E-state index in [9.17, 15) is 4.79 Å². The van der Waals surface area contributed by atoms with Crippen molar-refractivity contribution in [1.29, 1.82) is 0 Å². The van der Waals surface area contributed by atoms with Crippen molar-refractivity contribution in [2.45, 2.75) is 26.1 Å². The third-order valence-electron chi connectivity index (χ3n) is 3.19. The molecule has 2 rings (SSSR count). The van der Waals surface area contributed by atoms with Crippen molar-refractivity contribution in [3.05, 3.63) is 58.8 Å². The van der Waals surface area contributed by atoms with E-state index in [2.05, 4.69) is 17.4 Å². The zero-order valence-corrected chi connectivity index (χ0v) is 10.8. The molecule has 0 amide bonds. The smallest absolute Gasteiger partial charge is 0.312 e. The summed E-state index contributed by atoms with van der Waals surface area (Å²) in [6.45, 7) is 3.33. The molecule has 0 bridgehead atoms. The van der Waals surface area contributed by atoms with Crippen LogP contribution in [0.1, 0.15) is 18.5 Å². The lowest BCUT2D eigenvalue weighted by molar-refractivity contribution is 0.485. The number of nitrogens with one attached hydrogen (secondary N) is 1. The number of imidazole rings is 1. The third kappa shape index (κ3) is 2.54. The Morgan fingerprint density at radius 1 is 1.17 bits per heavy atom. The average Bonchev–Trinajstić information content (AvgIpc) is 2.77. The first-order valence-electron chi connectivity index (χ1n) is 6.24.